The number of piperazine rings is 1. The molecule has 0 bridgehead atoms. The van der Waals surface area contributed by atoms with E-state index in [-0.39, 0.29) is 12.1 Å². The molecule has 2 aromatic carbocycles. The number of hydrogen-bond donors (Lipinski definition) is 2. The standard InChI is InChI=1S/C20H24Cl2N4O/c1-14(18-8-3-15(21)13-19(18)22)23-20(27)24-16-4-6-17(7-5-16)26-11-9-25(2)10-12-26/h3-8,13-14H,9-12H2,1-2H3,(H2,23,24,27)/t14-/m0/s1. The van der Waals surface area contributed by atoms with Gasteiger partial charge in [0.05, 0.1) is 6.04 Å². The smallest absolute Gasteiger partial charge is 0.319 e. The highest BCUT2D eigenvalue weighted by Crippen LogP contribution is 2.26. The molecule has 0 aliphatic carbocycles. The SMILES string of the molecule is C[C@H](NC(=O)Nc1ccc(N2CCN(C)CC2)cc1)c1ccc(Cl)cc1Cl. The van der Waals surface area contributed by atoms with Crippen LogP contribution in [0.25, 0.3) is 0 Å². The van der Waals surface area contributed by atoms with Gasteiger partial charge in [-0.2, -0.15) is 0 Å². The highest BCUT2D eigenvalue weighted by molar-refractivity contribution is 6.35. The van der Waals surface area contributed by atoms with Crippen molar-refractivity contribution in [3.8, 4) is 0 Å². The van der Waals surface area contributed by atoms with Gasteiger partial charge in [-0.05, 0) is 55.9 Å². The van der Waals surface area contributed by atoms with Crippen LogP contribution in [0.3, 0.4) is 0 Å². The predicted octanol–water partition coefficient (Wildman–Crippen LogP) is 4.63. The number of benzene rings is 2. The molecule has 1 atom stereocenters. The van der Waals surface area contributed by atoms with Crippen molar-refractivity contribution >= 4 is 40.6 Å². The van der Waals surface area contributed by atoms with Gasteiger partial charge in [-0.1, -0.05) is 29.3 Å². The Morgan fingerprint density at radius 1 is 1.04 bits per heavy atom. The first-order chi connectivity index (χ1) is 12.9. The fourth-order valence-corrected chi connectivity index (χ4v) is 3.69. The molecule has 3 rings (SSSR count). The molecule has 0 aromatic heterocycles. The van der Waals surface area contributed by atoms with Gasteiger partial charge >= 0.3 is 6.03 Å². The van der Waals surface area contributed by atoms with Gasteiger partial charge in [0.25, 0.3) is 0 Å². The van der Waals surface area contributed by atoms with Gasteiger partial charge in [-0.15, -0.1) is 0 Å². The summed E-state index contributed by atoms with van der Waals surface area (Å²) in [5.74, 6) is 0. The Kier molecular flexibility index (Phi) is 6.47. The molecule has 0 radical (unpaired) electrons. The molecule has 1 saturated heterocycles. The predicted molar refractivity (Wildman–Crippen MR) is 113 cm³/mol. The number of amides is 2. The van der Waals surface area contributed by atoms with Crippen LogP contribution in [0.1, 0.15) is 18.5 Å². The number of carbonyl (C=O) groups excluding carboxylic acids is 1. The van der Waals surface area contributed by atoms with E-state index in [2.05, 4.69) is 27.5 Å². The minimum absolute atomic E-state index is 0.237. The first kappa shape index (κ1) is 19.8. The van der Waals surface area contributed by atoms with Gasteiger partial charge in [-0.25, -0.2) is 4.79 Å². The lowest BCUT2D eigenvalue weighted by Gasteiger charge is -2.34. The summed E-state index contributed by atoms with van der Waals surface area (Å²) in [7, 11) is 2.14. The van der Waals surface area contributed by atoms with Crippen LogP contribution >= 0.6 is 23.2 Å². The second kappa shape index (κ2) is 8.83. The van der Waals surface area contributed by atoms with Crippen LogP contribution < -0.4 is 15.5 Å². The second-order valence-electron chi connectivity index (χ2n) is 6.82. The Morgan fingerprint density at radius 3 is 2.33 bits per heavy atom. The average Bonchev–Trinajstić information content (AvgIpc) is 2.63. The summed E-state index contributed by atoms with van der Waals surface area (Å²) in [6.07, 6.45) is 0. The zero-order valence-electron chi connectivity index (χ0n) is 15.5. The largest absolute Gasteiger partial charge is 0.369 e. The second-order valence-corrected chi connectivity index (χ2v) is 7.67. The number of halogens is 2. The Hall–Kier alpha value is -1.95. The Labute approximate surface area is 170 Å². The third-order valence-corrected chi connectivity index (χ3v) is 5.33. The summed E-state index contributed by atoms with van der Waals surface area (Å²) in [6.45, 7) is 6.04. The average molecular weight is 407 g/mol. The maximum absolute atomic E-state index is 12.3. The van der Waals surface area contributed by atoms with E-state index in [0.717, 1.165) is 37.4 Å². The lowest BCUT2D eigenvalue weighted by atomic mass is 10.1. The molecule has 0 saturated carbocycles. The molecule has 0 spiro atoms. The summed E-state index contributed by atoms with van der Waals surface area (Å²) in [6, 6.07) is 12.7. The van der Waals surface area contributed by atoms with Crippen molar-refractivity contribution in [2.75, 3.05) is 43.4 Å². The molecule has 1 heterocycles. The van der Waals surface area contributed by atoms with Gasteiger partial charge in [0.1, 0.15) is 0 Å². The number of urea groups is 1. The van der Waals surface area contributed by atoms with Crippen molar-refractivity contribution in [2.45, 2.75) is 13.0 Å². The van der Waals surface area contributed by atoms with Crippen LogP contribution in [0.15, 0.2) is 42.5 Å². The van der Waals surface area contributed by atoms with Crippen molar-refractivity contribution in [1.29, 1.82) is 0 Å². The summed E-state index contributed by atoms with van der Waals surface area (Å²) in [5, 5.41) is 6.86. The molecule has 2 amide bonds. The van der Waals surface area contributed by atoms with Gasteiger partial charge < -0.3 is 20.4 Å². The minimum Gasteiger partial charge on any atom is -0.369 e. The molecule has 2 N–H and O–H groups in total. The molecule has 1 aliphatic rings. The third kappa shape index (κ3) is 5.28. The number of carbonyl (C=O) groups is 1. The number of nitrogens with one attached hydrogen (secondary N) is 2. The number of anilines is 2. The van der Waals surface area contributed by atoms with Gasteiger partial charge in [-0.3, -0.25) is 0 Å². The fraction of sp³-hybridized carbons (Fsp3) is 0.350. The van der Waals surface area contributed by atoms with E-state index in [4.69, 9.17) is 23.2 Å². The highest BCUT2D eigenvalue weighted by Gasteiger charge is 2.15. The Balaban J connectivity index is 1.56. The van der Waals surface area contributed by atoms with Crippen LogP contribution in [-0.4, -0.2) is 44.2 Å². The summed E-state index contributed by atoms with van der Waals surface area (Å²) >= 11 is 12.1. The lowest BCUT2D eigenvalue weighted by molar-refractivity contribution is 0.249. The maximum atomic E-state index is 12.3. The van der Waals surface area contributed by atoms with E-state index < -0.39 is 0 Å². The zero-order valence-corrected chi connectivity index (χ0v) is 17.0. The highest BCUT2D eigenvalue weighted by atomic mass is 35.5. The molecule has 7 heteroatoms. The zero-order chi connectivity index (χ0) is 19.4. The fourth-order valence-electron chi connectivity index (χ4n) is 3.11. The Bertz CT molecular complexity index is 789. The summed E-state index contributed by atoms with van der Waals surface area (Å²) in [5.41, 5.74) is 2.75. The molecule has 1 fully saturated rings. The van der Waals surface area contributed by atoms with E-state index in [0.29, 0.717) is 10.0 Å². The minimum atomic E-state index is -0.277. The van der Waals surface area contributed by atoms with Crippen molar-refractivity contribution in [3.63, 3.8) is 0 Å². The molecule has 5 nitrogen and oxygen atoms in total. The third-order valence-electron chi connectivity index (χ3n) is 4.77. The Morgan fingerprint density at radius 2 is 1.70 bits per heavy atom. The number of likely N-dealkylation sites (N-methyl/N-ethyl adjacent to an activating group) is 1. The maximum Gasteiger partial charge on any atom is 0.319 e. The molecule has 27 heavy (non-hydrogen) atoms. The van der Waals surface area contributed by atoms with Crippen LogP contribution in [0.4, 0.5) is 16.2 Å². The van der Waals surface area contributed by atoms with Crippen LogP contribution in [0.2, 0.25) is 10.0 Å². The van der Waals surface area contributed by atoms with Gasteiger partial charge in [0, 0.05) is 47.6 Å². The lowest BCUT2D eigenvalue weighted by Crippen LogP contribution is -2.44. The van der Waals surface area contributed by atoms with E-state index in [1.54, 1.807) is 12.1 Å². The van der Waals surface area contributed by atoms with Crippen LogP contribution in [-0.2, 0) is 0 Å². The van der Waals surface area contributed by atoms with Crippen LogP contribution in [0.5, 0.6) is 0 Å². The van der Waals surface area contributed by atoms with Crippen molar-refractivity contribution in [1.82, 2.24) is 10.2 Å². The molecule has 0 unspecified atom stereocenters. The molecular formula is C20H24Cl2N4O. The first-order valence-electron chi connectivity index (χ1n) is 8.98. The van der Waals surface area contributed by atoms with Gasteiger partial charge in [0.2, 0.25) is 0 Å². The molecule has 144 valence electrons. The molecule has 1 aliphatic heterocycles. The molecule has 2 aromatic rings. The van der Waals surface area contributed by atoms with Crippen molar-refractivity contribution in [2.24, 2.45) is 0 Å². The summed E-state index contributed by atoms with van der Waals surface area (Å²) in [4.78, 5) is 17.0. The monoisotopic (exact) mass is 406 g/mol. The number of hydrogen-bond acceptors (Lipinski definition) is 3. The van der Waals surface area contributed by atoms with Gasteiger partial charge in [0.15, 0.2) is 0 Å². The van der Waals surface area contributed by atoms with Crippen LogP contribution in [0, 0.1) is 0 Å². The van der Waals surface area contributed by atoms with E-state index >= 15 is 0 Å². The topological polar surface area (TPSA) is 47.6 Å². The van der Waals surface area contributed by atoms with Crippen molar-refractivity contribution < 1.29 is 4.79 Å². The first-order valence-corrected chi connectivity index (χ1v) is 9.74. The number of nitrogens with zero attached hydrogens (tertiary/aromatic N) is 2. The van der Waals surface area contributed by atoms with Crippen molar-refractivity contribution in [3.05, 3.63) is 58.1 Å². The molecular weight excluding hydrogens is 383 g/mol. The summed E-state index contributed by atoms with van der Waals surface area (Å²) < 4.78 is 0. The van der Waals surface area contributed by atoms with E-state index in [9.17, 15) is 4.79 Å². The normalized spacial score (nSPS) is 16.1. The van der Waals surface area contributed by atoms with E-state index in [1.165, 1.54) is 5.69 Å². The van der Waals surface area contributed by atoms with E-state index in [1.807, 2.05) is 37.3 Å². The quantitative estimate of drug-likeness (QED) is 0.777. The number of rotatable bonds is 4.